The Hall–Kier alpha value is -3.10. The Balaban J connectivity index is 1.59. The van der Waals surface area contributed by atoms with Crippen molar-refractivity contribution in [3.05, 3.63) is 30.5 Å². The number of fused-ring (bicyclic) bond motifs is 1. The van der Waals surface area contributed by atoms with Gasteiger partial charge in [-0.3, -0.25) is 14.3 Å². The number of amides is 4. The molecule has 0 bridgehead atoms. The zero-order valence-electron chi connectivity index (χ0n) is 16.3. The van der Waals surface area contributed by atoms with Gasteiger partial charge in [0.25, 0.3) is 0 Å². The number of urea groups is 1. The molecule has 0 aliphatic carbocycles. The van der Waals surface area contributed by atoms with Gasteiger partial charge in [-0.2, -0.15) is 5.10 Å². The summed E-state index contributed by atoms with van der Waals surface area (Å²) in [6.07, 6.45) is 1.73. The van der Waals surface area contributed by atoms with E-state index in [-0.39, 0.29) is 48.9 Å². The summed E-state index contributed by atoms with van der Waals surface area (Å²) in [5.41, 5.74) is 0.620. The van der Waals surface area contributed by atoms with Gasteiger partial charge in [0, 0.05) is 18.5 Å². The highest BCUT2D eigenvalue weighted by Crippen LogP contribution is 2.19. The second kappa shape index (κ2) is 7.87. The molecule has 1 fully saturated rings. The Morgan fingerprint density at radius 2 is 2.07 bits per heavy atom. The molecule has 150 valence electrons. The number of hydrogen-bond acceptors (Lipinski definition) is 4. The molecule has 28 heavy (non-hydrogen) atoms. The van der Waals surface area contributed by atoms with Crippen molar-refractivity contribution >= 4 is 28.7 Å². The van der Waals surface area contributed by atoms with E-state index in [1.165, 1.54) is 0 Å². The van der Waals surface area contributed by atoms with E-state index in [1.807, 2.05) is 45.0 Å². The number of benzene rings is 1. The average Bonchev–Trinajstić information content (AvgIpc) is 3.24. The first kappa shape index (κ1) is 19.7. The molecule has 9 nitrogen and oxygen atoms in total. The maximum Gasteiger partial charge on any atom is 0.315 e. The van der Waals surface area contributed by atoms with E-state index in [0.29, 0.717) is 0 Å². The van der Waals surface area contributed by atoms with Gasteiger partial charge in [-0.15, -0.1) is 0 Å². The predicted molar refractivity (Wildman–Crippen MR) is 104 cm³/mol. The maximum atomic E-state index is 12.6. The minimum Gasteiger partial charge on any atom is -0.352 e. The van der Waals surface area contributed by atoms with Crippen molar-refractivity contribution in [2.45, 2.75) is 39.4 Å². The third-order valence-corrected chi connectivity index (χ3v) is 4.79. The molecular formula is C19H26N6O3. The molecule has 1 saturated heterocycles. The minimum atomic E-state index is -0.598. The first-order valence-electron chi connectivity index (χ1n) is 9.26. The van der Waals surface area contributed by atoms with Crippen LogP contribution in [-0.4, -0.2) is 52.8 Å². The van der Waals surface area contributed by atoms with Crippen molar-refractivity contribution in [3.8, 4) is 0 Å². The maximum absolute atomic E-state index is 12.6. The largest absolute Gasteiger partial charge is 0.352 e. The predicted octanol–water partition coefficient (Wildman–Crippen LogP) is 0.365. The van der Waals surface area contributed by atoms with Gasteiger partial charge in [-0.05, 0) is 11.5 Å². The van der Waals surface area contributed by atoms with Crippen LogP contribution in [0.2, 0.25) is 0 Å². The lowest BCUT2D eigenvalue weighted by Crippen LogP contribution is -2.53. The van der Waals surface area contributed by atoms with Gasteiger partial charge >= 0.3 is 6.03 Å². The van der Waals surface area contributed by atoms with Crippen LogP contribution in [0.5, 0.6) is 0 Å². The Bertz CT molecular complexity index is 885. The van der Waals surface area contributed by atoms with Gasteiger partial charge in [-0.1, -0.05) is 39.0 Å². The second-order valence-corrected chi connectivity index (χ2v) is 8.00. The number of aromatic nitrogens is 2. The molecule has 3 rings (SSSR count). The molecule has 9 heteroatoms. The molecular weight excluding hydrogens is 360 g/mol. The van der Waals surface area contributed by atoms with Crippen molar-refractivity contribution in [2.75, 3.05) is 13.1 Å². The Morgan fingerprint density at radius 1 is 1.32 bits per heavy atom. The fourth-order valence-corrected chi connectivity index (χ4v) is 3.04. The number of carbonyl (C=O) groups is 3. The van der Waals surface area contributed by atoms with Crippen LogP contribution in [0.4, 0.5) is 4.79 Å². The molecule has 0 radical (unpaired) electrons. The smallest absolute Gasteiger partial charge is 0.315 e. The first-order valence-corrected chi connectivity index (χ1v) is 9.26. The van der Waals surface area contributed by atoms with E-state index in [0.717, 1.165) is 10.9 Å². The lowest BCUT2D eigenvalue weighted by Gasteiger charge is -2.32. The summed E-state index contributed by atoms with van der Waals surface area (Å²) in [7, 11) is 0. The zero-order valence-corrected chi connectivity index (χ0v) is 16.3. The van der Waals surface area contributed by atoms with Crippen LogP contribution >= 0.6 is 0 Å². The Morgan fingerprint density at radius 3 is 2.75 bits per heavy atom. The molecule has 1 aliphatic rings. The number of carbonyl (C=O) groups excluding carboxylic acids is 3. The molecule has 1 aromatic carbocycles. The zero-order chi connectivity index (χ0) is 20.3. The third-order valence-electron chi connectivity index (χ3n) is 4.79. The molecule has 2 heterocycles. The van der Waals surface area contributed by atoms with E-state index in [9.17, 15) is 14.4 Å². The molecule has 1 aliphatic heterocycles. The van der Waals surface area contributed by atoms with Crippen LogP contribution in [-0.2, 0) is 16.1 Å². The fraction of sp³-hybridized carbons (Fsp3) is 0.474. The second-order valence-electron chi connectivity index (χ2n) is 8.00. The molecule has 0 saturated carbocycles. The van der Waals surface area contributed by atoms with Crippen molar-refractivity contribution in [2.24, 2.45) is 5.41 Å². The monoisotopic (exact) mass is 386 g/mol. The normalized spacial score (nSPS) is 17.7. The van der Waals surface area contributed by atoms with Crippen LogP contribution < -0.4 is 21.3 Å². The van der Waals surface area contributed by atoms with Gasteiger partial charge in [0.05, 0.1) is 17.8 Å². The van der Waals surface area contributed by atoms with Gasteiger partial charge < -0.3 is 21.3 Å². The quantitative estimate of drug-likeness (QED) is 0.574. The minimum absolute atomic E-state index is 0.0939. The summed E-state index contributed by atoms with van der Waals surface area (Å²) in [6.45, 7) is 6.59. The van der Waals surface area contributed by atoms with Crippen molar-refractivity contribution in [1.29, 1.82) is 0 Å². The molecule has 1 aromatic heterocycles. The van der Waals surface area contributed by atoms with Crippen LogP contribution in [0, 0.1) is 5.41 Å². The summed E-state index contributed by atoms with van der Waals surface area (Å²) in [5.74, 6) is -0.459. The first-order chi connectivity index (χ1) is 13.2. The summed E-state index contributed by atoms with van der Waals surface area (Å²) in [5, 5.41) is 16.2. The fourth-order valence-electron chi connectivity index (χ4n) is 3.04. The number of nitrogens with one attached hydrogen (secondary N) is 4. The van der Waals surface area contributed by atoms with E-state index in [1.54, 1.807) is 10.9 Å². The van der Waals surface area contributed by atoms with Crippen molar-refractivity contribution < 1.29 is 14.4 Å². The molecule has 0 unspecified atom stereocenters. The summed E-state index contributed by atoms with van der Waals surface area (Å²) >= 11 is 0. The summed E-state index contributed by atoms with van der Waals surface area (Å²) in [4.78, 5) is 36.0. The molecule has 2 atom stereocenters. The lowest BCUT2D eigenvalue weighted by atomic mass is 9.86. The van der Waals surface area contributed by atoms with Gasteiger partial charge in [0.2, 0.25) is 11.8 Å². The molecule has 4 amide bonds. The SMILES string of the molecule is CC(C)(C)[C@H](CNC(=O)[C@H]1CNC(=O)N1)NC(=O)Cn1ncc2ccccc21. The van der Waals surface area contributed by atoms with E-state index in [2.05, 4.69) is 26.4 Å². The highest BCUT2D eigenvalue weighted by molar-refractivity contribution is 5.90. The van der Waals surface area contributed by atoms with Crippen molar-refractivity contribution in [1.82, 2.24) is 31.0 Å². The van der Waals surface area contributed by atoms with Gasteiger partial charge in [0.1, 0.15) is 12.6 Å². The highest BCUT2D eigenvalue weighted by atomic mass is 16.2. The standard InChI is InChI=1S/C19H26N6O3/c1-19(2,3)15(10-20-17(27)13-9-21-18(28)23-13)24-16(26)11-25-14-7-5-4-6-12(14)8-22-25/h4-8,13,15H,9-11H2,1-3H3,(H,20,27)(H,24,26)(H2,21,23,28)/t13-,15+/m1/s1. The van der Waals surface area contributed by atoms with Gasteiger partial charge in [0.15, 0.2) is 0 Å². The topological polar surface area (TPSA) is 117 Å². The highest BCUT2D eigenvalue weighted by Gasteiger charge is 2.30. The van der Waals surface area contributed by atoms with E-state index < -0.39 is 6.04 Å². The number of nitrogens with zero attached hydrogens (tertiary/aromatic N) is 2. The van der Waals surface area contributed by atoms with Crippen LogP contribution in [0.15, 0.2) is 30.5 Å². The van der Waals surface area contributed by atoms with Crippen LogP contribution in [0.3, 0.4) is 0 Å². The molecule has 0 spiro atoms. The van der Waals surface area contributed by atoms with Crippen LogP contribution in [0.25, 0.3) is 10.9 Å². The molecule has 2 aromatic rings. The van der Waals surface area contributed by atoms with Gasteiger partial charge in [-0.25, -0.2) is 4.79 Å². The average molecular weight is 386 g/mol. The lowest BCUT2D eigenvalue weighted by molar-refractivity contribution is -0.125. The van der Waals surface area contributed by atoms with E-state index >= 15 is 0 Å². The number of para-hydroxylation sites is 1. The number of rotatable bonds is 6. The van der Waals surface area contributed by atoms with Crippen molar-refractivity contribution in [3.63, 3.8) is 0 Å². The summed E-state index contributed by atoms with van der Waals surface area (Å²) in [6, 6.07) is 6.46. The Kier molecular flexibility index (Phi) is 5.53. The number of hydrogen-bond donors (Lipinski definition) is 4. The van der Waals surface area contributed by atoms with Crippen LogP contribution in [0.1, 0.15) is 20.8 Å². The summed E-state index contributed by atoms with van der Waals surface area (Å²) < 4.78 is 1.66. The molecule has 4 N–H and O–H groups in total. The Labute approximate surface area is 163 Å². The van der Waals surface area contributed by atoms with E-state index in [4.69, 9.17) is 0 Å². The third kappa shape index (κ3) is 4.59.